The molecule has 1 fully saturated rings. The van der Waals surface area contributed by atoms with Gasteiger partial charge in [-0.05, 0) is 70.0 Å². The molecule has 0 aromatic heterocycles. The maximum Gasteiger partial charge on any atom is 0.270 e. The molecule has 4 rings (SSSR count). The van der Waals surface area contributed by atoms with E-state index in [4.69, 9.17) is 38.0 Å². The molecule has 0 radical (unpaired) electrons. The minimum Gasteiger partial charge on any atom is -0.497 e. The summed E-state index contributed by atoms with van der Waals surface area (Å²) in [5, 5.41) is 0.632. The fraction of sp³-hybridized carbons (Fsp3) is 0.120. The van der Waals surface area contributed by atoms with Gasteiger partial charge in [-0.3, -0.25) is 9.69 Å². The van der Waals surface area contributed by atoms with Gasteiger partial charge in [-0.15, -0.1) is 0 Å². The van der Waals surface area contributed by atoms with E-state index in [1.807, 2.05) is 36.4 Å². The molecule has 5 nitrogen and oxygen atoms in total. The quantitative estimate of drug-likeness (QED) is 0.221. The second-order valence-corrected chi connectivity index (χ2v) is 10.1. The van der Waals surface area contributed by atoms with E-state index in [0.717, 1.165) is 11.1 Å². The molecule has 0 aliphatic carbocycles. The standard InChI is InChI=1S/C25H19BrClNO4S2/c1-30-18-9-7-17(8-10-18)28-24(29)22(34-25(28)33)13-15-11-19(26)23(21(12-15)31-2)32-14-16-5-3-4-6-20(16)27/h3-13H,14H2,1-2H3/b22-13-. The third-order valence-corrected chi connectivity index (χ3v) is 7.26. The van der Waals surface area contributed by atoms with Gasteiger partial charge in [0.15, 0.2) is 15.8 Å². The first kappa shape index (κ1) is 24.6. The number of hydrogen-bond acceptors (Lipinski definition) is 6. The first-order valence-corrected chi connectivity index (χ1v) is 12.5. The van der Waals surface area contributed by atoms with Gasteiger partial charge in [-0.2, -0.15) is 0 Å². The van der Waals surface area contributed by atoms with Gasteiger partial charge < -0.3 is 14.2 Å². The number of carbonyl (C=O) groups excluding carboxylic acids is 1. The molecule has 1 aliphatic rings. The molecule has 1 amide bonds. The average molecular weight is 577 g/mol. The summed E-state index contributed by atoms with van der Waals surface area (Å²) in [6, 6.07) is 18.4. The Labute approximate surface area is 220 Å². The largest absolute Gasteiger partial charge is 0.497 e. The number of benzene rings is 3. The van der Waals surface area contributed by atoms with Gasteiger partial charge in [0.2, 0.25) is 0 Å². The van der Waals surface area contributed by atoms with E-state index in [2.05, 4.69) is 15.9 Å². The maximum absolute atomic E-state index is 13.1. The van der Waals surface area contributed by atoms with Crippen molar-refractivity contribution in [2.45, 2.75) is 6.61 Å². The van der Waals surface area contributed by atoms with Gasteiger partial charge in [0.05, 0.1) is 29.3 Å². The Morgan fingerprint density at radius 3 is 2.50 bits per heavy atom. The molecule has 0 N–H and O–H groups in total. The Kier molecular flexibility index (Phi) is 7.83. The van der Waals surface area contributed by atoms with Crippen LogP contribution in [0.15, 0.2) is 70.0 Å². The van der Waals surface area contributed by atoms with Crippen LogP contribution < -0.4 is 19.1 Å². The molecular weight excluding hydrogens is 558 g/mol. The Morgan fingerprint density at radius 1 is 1.09 bits per heavy atom. The fourth-order valence-electron chi connectivity index (χ4n) is 3.30. The lowest BCUT2D eigenvalue weighted by Crippen LogP contribution is -2.27. The second kappa shape index (κ2) is 10.8. The maximum atomic E-state index is 13.1. The van der Waals surface area contributed by atoms with Gasteiger partial charge >= 0.3 is 0 Å². The van der Waals surface area contributed by atoms with Crippen LogP contribution in [0.25, 0.3) is 6.08 Å². The predicted molar refractivity (Wildman–Crippen MR) is 145 cm³/mol. The number of halogens is 2. The van der Waals surface area contributed by atoms with E-state index >= 15 is 0 Å². The lowest BCUT2D eigenvalue weighted by molar-refractivity contribution is -0.113. The van der Waals surface area contributed by atoms with Crippen LogP contribution in [0.2, 0.25) is 5.02 Å². The number of thioether (sulfide) groups is 1. The molecule has 3 aromatic rings. The summed E-state index contributed by atoms with van der Waals surface area (Å²) in [5.41, 5.74) is 2.32. The molecule has 0 atom stereocenters. The number of anilines is 1. The zero-order valence-corrected chi connectivity index (χ0v) is 22.2. The zero-order chi connectivity index (χ0) is 24.2. The van der Waals surface area contributed by atoms with Gasteiger partial charge in [0.25, 0.3) is 5.91 Å². The number of nitrogens with zero attached hydrogens (tertiary/aromatic N) is 1. The molecule has 3 aromatic carbocycles. The smallest absolute Gasteiger partial charge is 0.270 e. The number of hydrogen-bond donors (Lipinski definition) is 0. The molecule has 9 heteroatoms. The van der Waals surface area contributed by atoms with Crippen LogP contribution in [0.5, 0.6) is 17.2 Å². The monoisotopic (exact) mass is 575 g/mol. The van der Waals surface area contributed by atoms with Crippen LogP contribution in [0, 0.1) is 0 Å². The molecule has 1 heterocycles. The van der Waals surface area contributed by atoms with E-state index in [-0.39, 0.29) is 12.5 Å². The van der Waals surface area contributed by atoms with Crippen LogP contribution >= 0.6 is 51.5 Å². The summed E-state index contributed by atoms with van der Waals surface area (Å²) in [4.78, 5) is 15.1. The van der Waals surface area contributed by atoms with Crippen LogP contribution in [-0.4, -0.2) is 24.4 Å². The zero-order valence-electron chi connectivity index (χ0n) is 18.2. The molecule has 0 spiro atoms. The molecule has 34 heavy (non-hydrogen) atoms. The van der Waals surface area contributed by atoms with Crippen LogP contribution in [0.3, 0.4) is 0 Å². The van der Waals surface area contributed by atoms with Gasteiger partial charge in [-0.1, -0.05) is 53.8 Å². The van der Waals surface area contributed by atoms with Crippen molar-refractivity contribution in [2.24, 2.45) is 0 Å². The van der Waals surface area contributed by atoms with Crippen LogP contribution in [-0.2, 0) is 11.4 Å². The van der Waals surface area contributed by atoms with Crippen molar-refractivity contribution in [1.82, 2.24) is 0 Å². The number of thiocarbonyl (C=S) groups is 1. The topological polar surface area (TPSA) is 48.0 Å². The highest BCUT2D eigenvalue weighted by Crippen LogP contribution is 2.40. The normalized spacial score (nSPS) is 14.6. The Bertz CT molecular complexity index is 1280. The Hall–Kier alpha value is -2.52. The number of rotatable bonds is 7. The van der Waals surface area contributed by atoms with Crippen molar-refractivity contribution < 1.29 is 19.0 Å². The van der Waals surface area contributed by atoms with Crippen molar-refractivity contribution in [1.29, 1.82) is 0 Å². The average Bonchev–Trinajstić information content (AvgIpc) is 3.11. The number of methoxy groups -OCH3 is 2. The SMILES string of the molecule is COc1ccc(N2C(=O)/C(=C/c3cc(Br)c(OCc4ccccc4Cl)c(OC)c3)SC2=S)cc1. The first-order chi connectivity index (χ1) is 16.4. The predicted octanol–water partition coefficient (Wildman–Crippen LogP) is 7.10. The van der Waals surface area contributed by atoms with E-state index in [0.29, 0.717) is 41.7 Å². The van der Waals surface area contributed by atoms with Gasteiger partial charge in [0.1, 0.15) is 12.4 Å². The highest BCUT2D eigenvalue weighted by Gasteiger charge is 2.33. The van der Waals surface area contributed by atoms with E-state index in [1.165, 1.54) is 16.7 Å². The summed E-state index contributed by atoms with van der Waals surface area (Å²) in [5.74, 6) is 1.59. The van der Waals surface area contributed by atoms with Gasteiger partial charge in [0, 0.05) is 10.6 Å². The van der Waals surface area contributed by atoms with Gasteiger partial charge in [-0.25, -0.2) is 0 Å². The number of amides is 1. The number of ether oxygens (including phenoxy) is 3. The summed E-state index contributed by atoms with van der Waals surface area (Å²) < 4.78 is 17.9. The van der Waals surface area contributed by atoms with Crippen molar-refractivity contribution in [3.8, 4) is 17.2 Å². The van der Waals surface area contributed by atoms with E-state index in [9.17, 15) is 4.79 Å². The van der Waals surface area contributed by atoms with Crippen molar-refractivity contribution in [3.63, 3.8) is 0 Å². The Balaban J connectivity index is 1.57. The molecule has 174 valence electrons. The first-order valence-electron chi connectivity index (χ1n) is 10.1. The minimum atomic E-state index is -0.186. The third kappa shape index (κ3) is 5.25. The van der Waals surface area contributed by atoms with Crippen molar-refractivity contribution >= 4 is 73.5 Å². The molecule has 0 unspecified atom stereocenters. The summed E-state index contributed by atoms with van der Waals surface area (Å²) in [6.07, 6.45) is 1.79. The van der Waals surface area contributed by atoms with Crippen molar-refractivity contribution in [3.05, 3.63) is 86.2 Å². The molecular formula is C25H19BrClNO4S2. The summed E-state index contributed by atoms with van der Waals surface area (Å²) in [6.45, 7) is 0.286. The molecule has 1 aliphatic heterocycles. The Morgan fingerprint density at radius 2 is 1.82 bits per heavy atom. The lowest BCUT2D eigenvalue weighted by Gasteiger charge is -2.15. The summed E-state index contributed by atoms with van der Waals surface area (Å²) >= 11 is 16.5. The van der Waals surface area contributed by atoms with Crippen molar-refractivity contribution in [2.75, 3.05) is 19.1 Å². The van der Waals surface area contributed by atoms with Crippen LogP contribution in [0.4, 0.5) is 5.69 Å². The van der Waals surface area contributed by atoms with E-state index < -0.39 is 0 Å². The minimum absolute atomic E-state index is 0.186. The highest BCUT2D eigenvalue weighted by molar-refractivity contribution is 9.10. The van der Waals surface area contributed by atoms with Crippen LogP contribution in [0.1, 0.15) is 11.1 Å². The molecule has 0 bridgehead atoms. The fourth-order valence-corrected chi connectivity index (χ4v) is 5.37. The number of carbonyl (C=O) groups is 1. The molecule has 1 saturated heterocycles. The highest BCUT2D eigenvalue weighted by atomic mass is 79.9. The molecule has 0 saturated carbocycles. The van der Waals surface area contributed by atoms with E-state index in [1.54, 1.807) is 44.6 Å². The summed E-state index contributed by atoms with van der Waals surface area (Å²) in [7, 11) is 3.16. The third-order valence-electron chi connectivity index (χ3n) is 5.00. The second-order valence-electron chi connectivity index (χ2n) is 7.13. The lowest BCUT2D eigenvalue weighted by atomic mass is 10.1.